The number of nitriles is 1. The minimum absolute atomic E-state index is 0.0220. The van der Waals surface area contributed by atoms with E-state index < -0.39 is 0 Å². The van der Waals surface area contributed by atoms with Crippen LogP contribution in [0.1, 0.15) is 16.7 Å². The second-order valence-electron chi connectivity index (χ2n) is 7.37. The number of aryl methyl sites for hydroxylation is 1. The Labute approximate surface area is 177 Å². The molecule has 0 atom stereocenters. The van der Waals surface area contributed by atoms with Crippen molar-refractivity contribution in [2.75, 3.05) is 39.9 Å². The number of nitrogens with zero attached hydrogens (tertiary/aromatic N) is 2. The maximum Gasteiger partial charge on any atom is 0.246 e. The summed E-state index contributed by atoms with van der Waals surface area (Å²) in [6, 6.07) is 15.8. The highest BCUT2D eigenvalue weighted by Crippen LogP contribution is 2.28. The lowest BCUT2D eigenvalue weighted by molar-refractivity contribution is -0.917. The van der Waals surface area contributed by atoms with Crippen molar-refractivity contribution in [3.8, 4) is 17.6 Å². The number of hydrogen-bond acceptors (Lipinski definition) is 4. The van der Waals surface area contributed by atoms with Crippen molar-refractivity contribution >= 4 is 12.0 Å². The van der Waals surface area contributed by atoms with Crippen molar-refractivity contribution < 1.29 is 19.2 Å². The second-order valence-corrected chi connectivity index (χ2v) is 7.37. The van der Waals surface area contributed by atoms with Gasteiger partial charge < -0.3 is 19.3 Å². The molecule has 0 saturated carbocycles. The summed E-state index contributed by atoms with van der Waals surface area (Å²) in [6.07, 6.45) is 3.39. The average Bonchev–Trinajstić information content (AvgIpc) is 2.78. The minimum Gasteiger partial charge on any atom is -0.493 e. The van der Waals surface area contributed by atoms with Gasteiger partial charge in [0, 0.05) is 11.6 Å². The smallest absolute Gasteiger partial charge is 0.246 e. The van der Waals surface area contributed by atoms with Crippen molar-refractivity contribution in [1.82, 2.24) is 4.90 Å². The van der Waals surface area contributed by atoms with E-state index in [-0.39, 0.29) is 12.5 Å². The molecule has 1 aliphatic rings. The summed E-state index contributed by atoms with van der Waals surface area (Å²) >= 11 is 0. The van der Waals surface area contributed by atoms with Crippen molar-refractivity contribution in [2.45, 2.75) is 13.5 Å². The van der Waals surface area contributed by atoms with Crippen LogP contribution in [0.2, 0.25) is 0 Å². The van der Waals surface area contributed by atoms with E-state index in [0.29, 0.717) is 11.5 Å². The van der Waals surface area contributed by atoms with E-state index in [1.54, 1.807) is 31.4 Å². The number of hydrogen-bond donors (Lipinski definition) is 1. The molecule has 30 heavy (non-hydrogen) atoms. The zero-order valence-electron chi connectivity index (χ0n) is 17.6. The molecule has 6 nitrogen and oxygen atoms in total. The number of piperazine rings is 1. The maximum absolute atomic E-state index is 12.6. The fraction of sp³-hybridized carbons (Fsp3) is 0.333. The Hall–Kier alpha value is -3.30. The number of carbonyl (C=O) groups is 1. The van der Waals surface area contributed by atoms with Gasteiger partial charge in [0.1, 0.15) is 12.6 Å². The van der Waals surface area contributed by atoms with E-state index in [1.807, 2.05) is 17.0 Å². The third-order valence-electron chi connectivity index (χ3n) is 5.38. The third-order valence-corrected chi connectivity index (χ3v) is 5.38. The molecule has 1 N–H and O–H groups in total. The van der Waals surface area contributed by atoms with E-state index in [0.717, 1.165) is 38.3 Å². The second kappa shape index (κ2) is 10.5. The standard InChI is InChI=1S/C24H27N3O3/c1-19-5-3-4-6-21(19)18-26-12-14-27(15-13-26)24(28)10-8-20-7-9-22(30-16-11-25)23(17-20)29-2/h3-10,17H,12-16,18H2,1-2H3/p+1/b10-8+. The Morgan fingerprint density at radius 1 is 1.20 bits per heavy atom. The zero-order valence-corrected chi connectivity index (χ0v) is 17.6. The largest absolute Gasteiger partial charge is 0.493 e. The van der Waals surface area contributed by atoms with E-state index in [9.17, 15) is 4.79 Å². The maximum atomic E-state index is 12.6. The Morgan fingerprint density at radius 2 is 1.97 bits per heavy atom. The van der Waals surface area contributed by atoms with Gasteiger partial charge in [-0.15, -0.1) is 0 Å². The van der Waals surface area contributed by atoms with Crippen LogP contribution in [0.3, 0.4) is 0 Å². The van der Waals surface area contributed by atoms with Crippen LogP contribution in [0, 0.1) is 18.3 Å². The molecule has 1 fully saturated rings. The van der Waals surface area contributed by atoms with E-state index in [4.69, 9.17) is 14.7 Å². The summed E-state index contributed by atoms with van der Waals surface area (Å²) in [6.45, 7) is 6.53. The topological polar surface area (TPSA) is 67.0 Å². The van der Waals surface area contributed by atoms with Crippen LogP contribution in [-0.2, 0) is 11.3 Å². The number of carbonyl (C=O) groups excluding carboxylic acids is 1. The number of nitrogens with one attached hydrogen (secondary N) is 1. The van der Waals surface area contributed by atoms with Gasteiger partial charge in [-0.3, -0.25) is 4.79 Å². The first kappa shape index (κ1) is 21.4. The first-order valence-corrected chi connectivity index (χ1v) is 10.1. The molecule has 1 heterocycles. The van der Waals surface area contributed by atoms with Crippen LogP contribution in [0.25, 0.3) is 6.08 Å². The third kappa shape index (κ3) is 5.62. The van der Waals surface area contributed by atoms with Gasteiger partial charge in [-0.25, -0.2) is 0 Å². The predicted molar refractivity (Wildman–Crippen MR) is 115 cm³/mol. The Bertz CT molecular complexity index is 941. The Balaban J connectivity index is 1.53. The van der Waals surface area contributed by atoms with Crippen LogP contribution < -0.4 is 14.4 Å². The lowest BCUT2D eigenvalue weighted by Crippen LogP contribution is -3.13. The number of quaternary nitrogens is 1. The molecule has 0 bridgehead atoms. The number of amides is 1. The lowest BCUT2D eigenvalue weighted by atomic mass is 10.1. The molecule has 1 amide bonds. The Morgan fingerprint density at radius 3 is 2.67 bits per heavy atom. The van der Waals surface area contributed by atoms with E-state index >= 15 is 0 Å². The van der Waals surface area contributed by atoms with Gasteiger partial charge in [-0.1, -0.05) is 30.3 Å². The summed E-state index contributed by atoms with van der Waals surface area (Å²) in [5.74, 6) is 1.07. The van der Waals surface area contributed by atoms with Gasteiger partial charge in [-0.05, 0) is 36.3 Å². The lowest BCUT2D eigenvalue weighted by Gasteiger charge is -2.32. The zero-order chi connectivity index (χ0) is 21.3. The van der Waals surface area contributed by atoms with Gasteiger partial charge in [0.15, 0.2) is 18.1 Å². The fourth-order valence-electron chi connectivity index (χ4n) is 3.59. The number of ether oxygens (including phenoxy) is 2. The summed E-state index contributed by atoms with van der Waals surface area (Å²) in [4.78, 5) is 16.0. The highest BCUT2D eigenvalue weighted by atomic mass is 16.5. The van der Waals surface area contributed by atoms with Crippen molar-refractivity contribution in [2.24, 2.45) is 0 Å². The molecule has 0 unspecified atom stereocenters. The number of rotatable bonds is 7. The van der Waals surface area contributed by atoms with Gasteiger partial charge in [0.25, 0.3) is 0 Å². The number of methoxy groups -OCH3 is 1. The predicted octanol–water partition coefficient (Wildman–Crippen LogP) is 1.85. The molecule has 2 aromatic rings. The highest BCUT2D eigenvalue weighted by Gasteiger charge is 2.22. The highest BCUT2D eigenvalue weighted by molar-refractivity contribution is 5.91. The Kier molecular flexibility index (Phi) is 7.47. The van der Waals surface area contributed by atoms with E-state index in [2.05, 4.69) is 31.2 Å². The molecular formula is C24H28N3O3+. The van der Waals surface area contributed by atoms with E-state index in [1.165, 1.54) is 16.0 Å². The quantitative estimate of drug-likeness (QED) is 0.713. The molecule has 0 aliphatic carbocycles. The first-order valence-electron chi connectivity index (χ1n) is 10.1. The molecule has 6 heteroatoms. The van der Waals surface area contributed by atoms with Crippen LogP contribution >= 0.6 is 0 Å². The minimum atomic E-state index is -0.0398. The first-order chi connectivity index (χ1) is 14.6. The van der Waals surface area contributed by atoms with Crippen LogP contribution in [0.5, 0.6) is 11.5 Å². The van der Waals surface area contributed by atoms with Crippen molar-refractivity contribution in [3.05, 3.63) is 65.2 Å². The molecular weight excluding hydrogens is 378 g/mol. The molecule has 3 rings (SSSR count). The molecule has 1 saturated heterocycles. The summed E-state index contributed by atoms with van der Waals surface area (Å²) in [5, 5.41) is 8.65. The van der Waals surface area contributed by atoms with Crippen LogP contribution in [0.4, 0.5) is 0 Å². The molecule has 0 spiro atoms. The summed E-state index contributed by atoms with van der Waals surface area (Å²) in [5.41, 5.74) is 3.54. The monoisotopic (exact) mass is 406 g/mol. The molecule has 156 valence electrons. The van der Waals surface area contributed by atoms with Gasteiger partial charge >= 0.3 is 0 Å². The van der Waals surface area contributed by atoms with Gasteiger partial charge in [0.2, 0.25) is 5.91 Å². The van der Waals surface area contributed by atoms with Crippen molar-refractivity contribution in [1.29, 1.82) is 5.26 Å². The van der Waals surface area contributed by atoms with Crippen molar-refractivity contribution in [3.63, 3.8) is 0 Å². The summed E-state index contributed by atoms with van der Waals surface area (Å²) < 4.78 is 10.6. The molecule has 0 radical (unpaired) electrons. The number of benzene rings is 2. The SMILES string of the molecule is COc1cc(/C=C/C(=O)N2CC[NH+](Cc3ccccc3C)CC2)ccc1OCC#N. The normalized spacial score (nSPS) is 14.5. The van der Waals surface area contributed by atoms with Gasteiger partial charge in [-0.2, -0.15) is 5.26 Å². The molecule has 0 aromatic heterocycles. The van der Waals surface area contributed by atoms with Crippen LogP contribution in [0.15, 0.2) is 48.5 Å². The van der Waals surface area contributed by atoms with Gasteiger partial charge in [0.05, 0.1) is 33.3 Å². The molecule has 1 aliphatic heterocycles. The fourth-order valence-corrected chi connectivity index (χ4v) is 3.59. The van der Waals surface area contributed by atoms with Crippen LogP contribution in [-0.4, -0.2) is 50.7 Å². The molecule has 2 aromatic carbocycles. The average molecular weight is 407 g/mol. The summed E-state index contributed by atoms with van der Waals surface area (Å²) in [7, 11) is 1.55.